The molecule has 0 aliphatic rings. The molecule has 4 nitrogen and oxygen atoms in total. The Bertz CT molecular complexity index is 462. The van der Waals surface area contributed by atoms with Crippen LogP contribution < -0.4 is 5.73 Å². The molecule has 1 aromatic rings. The van der Waals surface area contributed by atoms with Gasteiger partial charge in [0.15, 0.2) is 0 Å². The highest BCUT2D eigenvalue weighted by Gasteiger charge is 2.21. The number of nitrogens with zero attached hydrogens (tertiary/aromatic N) is 1. The summed E-state index contributed by atoms with van der Waals surface area (Å²) in [5, 5.41) is 11.0. The number of nitro groups is 1. The van der Waals surface area contributed by atoms with Gasteiger partial charge in [0.25, 0.3) is 5.69 Å². The van der Waals surface area contributed by atoms with Crippen molar-refractivity contribution in [1.29, 1.82) is 0 Å². The quantitative estimate of drug-likeness (QED) is 0.657. The third kappa shape index (κ3) is 3.53. The van der Waals surface area contributed by atoms with Crippen LogP contribution in [0.3, 0.4) is 0 Å². The number of hydrogen-bond donors (Lipinski definition) is 1. The molecular weight excluding hydrogens is 228 g/mol. The molecule has 0 fully saturated rings. The summed E-state index contributed by atoms with van der Waals surface area (Å²) in [5.41, 5.74) is 8.89. The molecule has 0 radical (unpaired) electrons. The number of rotatable bonds is 3. The van der Waals surface area contributed by atoms with Crippen molar-refractivity contribution < 1.29 is 4.92 Å². The highest BCUT2D eigenvalue weighted by Crippen LogP contribution is 2.31. The van der Waals surface area contributed by atoms with E-state index in [9.17, 15) is 10.1 Å². The Balaban J connectivity index is 3.15. The predicted octanol–water partition coefficient (Wildman–Crippen LogP) is 3.65. The van der Waals surface area contributed by atoms with Crippen LogP contribution in [0.5, 0.6) is 0 Å². The van der Waals surface area contributed by atoms with E-state index < -0.39 is 0 Å². The highest BCUT2D eigenvalue weighted by atomic mass is 16.6. The van der Waals surface area contributed by atoms with Crippen LogP contribution >= 0.6 is 0 Å². The van der Waals surface area contributed by atoms with Crippen molar-refractivity contribution in [2.45, 2.75) is 47.1 Å². The minimum Gasteiger partial charge on any atom is -0.324 e. The molecule has 0 aliphatic carbocycles. The Morgan fingerprint density at radius 2 is 1.89 bits per heavy atom. The second-order valence-corrected chi connectivity index (χ2v) is 6.11. The molecule has 4 heteroatoms. The van der Waals surface area contributed by atoms with E-state index in [0.29, 0.717) is 5.56 Å². The molecule has 0 amide bonds. The van der Waals surface area contributed by atoms with Crippen LogP contribution in [0.2, 0.25) is 0 Å². The zero-order valence-electron chi connectivity index (χ0n) is 11.8. The standard InChI is InChI=1S/C14H22N2O2/c1-9-6-11(12(15)8-14(3,4)5)7-13(10(9)2)16(17)18/h6-7,12H,8,15H2,1-5H3. The zero-order valence-corrected chi connectivity index (χ0v) is 11.8. The second kappa shape index (κ2) is 5.06. The summed E-state index contributed by atoms with van der Waals surface area (Å²) in [6, 6.07) is 3.40. The lowest BCUT2D eigenvalue weighted by molar-refractivity contribution is -0.385. The molecule has 1 rings (SSSR count). The average Bonchev–Trinajstić information content (AvgIpc) is 2.18. The summed E-state index contributed by atoms with van der Waals surface area (Å²) in [5.74, 6) is 0. The predicted molar refractivity (Wildman–Crippen MR) is 73.6 cm³/mol. The fourth-order valence-corrected chi connectivity index (χ4v) is 2.05. The topological polar surface area (TPSA) is 69.2 Å². The Morgan fingerprint density at radius 1 is 1.33 bits per heavy atom. The van der Waals surface area contributed by atoms with Crippen molar-refractivity contribution in [3.63, 3.8) is 0 Å². The minimum absolute atomic E-state index is 0.104. The molecule has 0 saturated heterocycles. The van der Waals surface area contributed by atoms with Gasteiger partial charge in [-0.05, 0) is 36.8 Å². The van der Waals surface area contributed by atoms with Gasteiger partial charge in [-0.25, -0.2) is 0 Å². The summed E-state index contributed by atoms with van der Waals surface area (Å²) >= 11 is 0. The first kappa shape index (κ1) is 14.6. The first-order valence-corrected chi connectivity index (χ1v) is 6.13. The summed E-state index contributed by atoms with van der Waals surface area (Å²) in [6.45, 7) is 10.00. The lowest BCUT2D eigenvalue weighted by Crippen LogP contribution is -2.19. The van der Waals surface area contributed by atoms with Crippen LogP contribution in [0.1, 0.15) is 49.9 Å². The monoisotopic (exact) mass is 250 g/mol. The minimum atomic E-state index is -0.338. The van der Waals surface area contributed by atoms with Gasteiger partial charge in [-0.15, -0.1) is 0 Å². The van der Waals surface area contributed by atoms with E-state index in [4.69, 9.17) is 5.73 Å². The number of nitro benzene ring substituents is 1. The summed E-state index contributed by atoms with van der Waals surface area (Å²) in [7, 11) is 0. The molecule has 0 aliphatic heterocycles. The highest BCUT2D eigenvalue weighted by molar-refractivity contribution is 5.48. The van der Waals surface area contributed by atoms with Crippen molar-refractivity contribution >= 4 is 5.69 Å². The van der Waals surface area contributed by atoms with Crippen molar-refractivity contribution in [1.82, 2.24) is 0 Å². The lowest BCUT2D eigenvalue weighted by atomic mass is 9.85. The Hall–Kier alpha value is -1.42. The largest absolute Gasteiger partial charge is 0.324 e. The molecular formula is C14H22N2O2. The number of hydrogen-bond acceptors (Lipinski definition) is 3. The lowest BCUT2D eigenvalue weighted by Gasteiger charge is -2.23. The van der Waals surface area contributed by atoms with Gasteiger partial charge in [0.1, 0.15) is 0 Å². The van der Waals surface area contributed by atoms with Crippen molar-refractivity contribution in [3.8, 4) is 0 Å². The SMILES string of the molecule is Cc1cc(C(N)CC(C)(C)C)cc([N+](=O)[O-])c1C. The Morgan fingerprint density at radius 3 is 2.33 bits per heavy atom. The van der Waals surface area contributed by atoms with Gasteiger partial charge in [-0.2, -0.15) is 0 Å². The van der Waals surface area contributed by atoms with E-state index in [1.807, 2.05) is 13.0 Å². The Kier molecular flexibility index (Phi) is 4.12. The molecule has 1 unspecified atom stereocenters. The Labute approximate surface area is 108 Å². The van der Waals surface area contributed by atoms with E-state index in [1.54, 1.807) is 13.0 Å². The molecule has 2 N–H and O–H groups in total. The van der Waals surface area contributed by atoms with Crippen LogP contribution in [0.15, 0.2) is 12.1 Å². The van der Waals surface area contributed by atoms with Gasteiger partial charge in [0.05, 0.1) is 4.92 Å². The molecule has 0 aromatic heterocycles. The second-order valence-electron chi connectivity index (χ2n) is 6.11. The summed E-state index contributed by atoms with van der Waals surface area (Å²) in [6.07, 6.45) is 0.798. The van der Waals surface area contributed by atoms with Gasteiger partial charge >= 0.3 is 0 Å². The van der Waals surface area contributed by atoms with Crippen LogP contribution in [0.4, 0.5) is 5.69 Å². The van der Waals surface area contributed by atoms with Gasteiger partial charge in [-0.1, -0.05) is 26.8 Å². The maximum Gasteiger partial charge on any atom is 0.272 e. The van der Waals surface area contributed by atoms with Gasteiger partial charge in [0, 0.05) is 17.7 Å². The fraction of sp³-hybridized carbons (Fsp3) is 0.571. The zero-order chi connectivity index (χ0) is 14.1. The van der Waals surface area contributed by atoms with Gasteiger partial charge in [-0.3, -0.25) is 10.1 Å². The molecule has 0 saturated carbocycles. The molecule has 1 aromatic carbocycles. The fourth-order valence-electron chi connectivity index (χ4n) is 2.05. The van der Waals surface area contributed by atoms with Crippen molar-refractivity contribution in [2.24, 2.45) is 11.1 Å². The van der Waals surface area contributed by atoms with E-state index in [-0.39, 0.29) is 22.1 Å². The average molecular weight is 250 g/mol. The first-order chi connectivity index (χ1) is 8.11. The van der Waals surface area contributed by atoms with Crippen molar-refractivity contribution in [2.75, 3.05) is 0 Å². The van der Waals surface area contributed by atoms with E-state index in [1.165, 1.54) is 0 Å². The number of benzene rings is 1. The molecule has 0 spiro atoms. The van der Waals surface area contributed by atoms with E-state index in [2.05, 4.69) is 20.8 Å². The van der Waals surface area contributed by atoms with Gasteiger partial charge in [0.2, 0.25) is 0 Å². The third-order valence-corrected chi connectivity index (χ3v) is 3.12. The summed E-state index contributed by atoms with van der Waals surface area (Å²) in [4.78, 5) is 10.7. The van der Waals surface area contributed by atoms with Gasteiger partial charge < -0.3 is 5.73 Å². The maximum atomic E-state index is 11.0. The molecule has 1 atom stereocenters. The van der Waals surface area contributed by atoms with Crippen LogP contribution in [-0.4, -0.2) is 4.92 Å². The maximum absolute atomic E-state index is 11.0. The molecule has 18 heavy (non-hydrogen) atoms. The molecule has 0 bridgehead atoms. The third-order valence-electron chi connectivity index (χ3n) is 3.12. The number of aryl methyl sites for hydroxylation is 1. The van der Waals surface area contributed by atoms with E-state index in [0.717, 1.165) is 17.5 Å². The van der Waals surface area contributed by atoms with Crippen LogP contribution in [-0.2, 0) is 0 Å². The molecule has 0 heterocycles. The smallest absolute Gasteiger partial charge is 0.272 e. The van der Waals surface area contributed by atoms with Crippen molar-refractivity contribution in [3.05, 3.63) is 38.9 Å². The van der Waals surface area contributed by atoms with Crippen LogP contribution in [0.25, 0.3) is 0 Å². The summed E-state index contributed by atoms with van der Waals surface area (Å²) < 4.78 is 0. The van der Waals surface area contributed by atoms with Crippen LogP contribution in [0, 0.1) is 29.4 Å². The normalized spacial score (nSPS) is 13.4. The molecule has 100 valence electrons. The first-order valence-electron chi connectivity index (χ1n) is 6.13. The number of nitrogens with two attached hydrogens (primary N) is 1. The van der Waals surface area contributed by atoms with E-state index >= 15 is 0 Å².